The van der Waals surface area contributed by atoms with E-state index in [-0.39, 0.29) is 0 Å². The van der Waals surface area contributed by atoms with Gasteiger partial charge < -0.3 is 4.74 Å². The van der Waals surface area contributed by atoms with Crippen LogP contribution in [-0.2, 0) is 12.8 Å². The normalized spacial score (nSPS) is 14.2. The van der Waals surface area contributed by atoms with Crippen LogP contribution in [0.3, 0.4) is 0 Å². The zero-order chi connectivity index (χ0) is 17.9. The number of rotatable bonds is 3. The molecule has 5 nitrogen and oxygen atoms in total. The van der Waals surface area contributed by atoms with Crippen LogP contribution in [0.25, 0.3) is 16.4 Å². The van der Waals surface area contributed by atoms with Gasteiger partial charge >= 0.3 is 0 Å². The quantitative estimate of drug-likeness (QED) is 0.685. The smallest absolute Gasteiger partial charge is 0.167 e. The lowest BCUT2D eigenvalue weighted by molar-refractivity contribution is 0.416. The minimum absolute atomic E-state index is 0.702. The van der Waals surface area contributed by atoms with Gasteiger partial charge in [-0.2, -0.15) is 10.4 Å². The first-order valence-corrected chi connectivity index (χ1v) is 9.73. The summed E-state index contributed by atoms with van der Waals surface area (Å²) in [6.45, 7) is 0. The van der Waals surface area contributed by atoms with Gasteiger partial charge in [-0.25, -0.2) is 9.67 Å². The van der Waals surface area contributed by atoms with Gasteiger partial charge in [-0.15, -0.1) is 11.3 Å². The van der Waals surface area contributed by atoms with Gasteiger partial charge in [0, 0.05) is 4.88 Å². The number of benzene rings is 1. The second-order valence-corrected chi connectivity index (χ2v) is 7.49. The van der Waals surface area contributed by atoms with Crippen molar-refractivity contribution >= 4 is 11.3 Å². The average Bonchev–Trinajstić information content (AvgIpc) is 3.25. The van der Waals surface area contributed by atoms with Crippen LogP contribution in [0.5, 0.6) is 5.75 Å². The maximum atomic E-state index is 9.86. The monoisotopic (exact) mass is 364 g/mol. The van der Waals surface area contributed by atoms with E-state index in [4.69, 9.17) is 4.74 Å². The molecule has 1 aliphatic carbocycles. The highest BCUT2D eigenvalue weighted by atomic mass is 32.1. The van der Waals surface area contributed by atoms with E-state index in [9.17, 15) is 5.26 Å². The molecule has 2 heterocycles. The molecule has 0 aliphatic heterocycles. The van der Waals surface area contributed by atoms with Crippen LogP contribution in [0.2, 0.25) is 0 Å². The molecule has 0 amide bonds. The van der Waals surface area contributed by atoms with E-state index in [1.165, 1.54) is 29.7 Å². The lowest BCUT2D eigenvalue weighted by atomic mass is 9.97. The fourth-order valence-corrected chi connectivity index (χ4v) is 4.87. The molecule has 0 radical (unpaired) electrons. The Hall–Kier alpha value is -2.65. The van der Waals surface area contributed by atoms with Crippen LogP contribution in [0.1, 0.15) is 41.7 Å². The number of fused-ring (bicyclic) bond motifs is 1. The van der Waals surface area contributed by atoms with Crippen molar-refractivity contribution in [2.45, 2.75) is 38.5 Å². The van der Waals surface area contributed by atoms with E-state index in [2.05, 4.69) is 16.2 Å². The molecule has 1 aliphatic rings. The van der Waals surface area contributed by atoms with Crippen molar-refractivity contribution in [1.29, 1.82) is 5.26 Å². The Morgan fingerprint density at radius 3 is 2.77 bits per heavy atom. The minimum Gasteiger partial charge on any atom is -0.496 e. The Kier molecular flexibility index (Phi) is 4.72. The van der Waals surface area contributed by atoms with Crippen LogP contribution in [0, 0.1) is 11.3 Å². The number of nitrogens with zero attached hydrogens (tertiary/aromatic N) is 4. The first-order valence-electron chi connectivity index (χ1n) is 8.92. The summed E-state index contributed by atoms with van der Waals surface area (Å²) in [6.07, 6.45) is 8.42. The molecule has 0 spiro atoms. The highest BCUT2D eigenvalue weighted by molar-refractivity contribution is 7.15. The second kappa shape index (κ2) is 7.30. The molecule has 0 N–H and O–H groups in total. The summed E-state index contributed by atoms with van der Waals surface area (Å²) in [7, 11) is 1.65. The molecule has 0 unspecified atom stereocenters. The molecule has 26 heavy (non-hydrogen) atoms. The first-order chi connectivity index (χ1) is 12.8. The number of methoxy groups -OCH3 is 1. The zero-order valence-corrected chi connectivity index (χ0v) is 15.6. The molecule has 3 aromatic rings. The summed E-state index contributed by atoms with van der Waals surface area (Å²) in [6, 6.07) is 10.2. The minimum atomic E-state index is 0.702. The van der Waals surface area contributed by atoms with E-state index in [1.807, 2.05) is 24.3 Å². The fourth-order valence-electron chi connectivity index (χ4n) is 3.57. The molecule has 4 rings (SSSR count). The number of aryl methyl sites for hydroxylation is 1. The molecule has 1 aromatic carbocycles. The SMILES string of the molecule is COc1ccccc1-c1ncnn1-c1sc2c(c1C#N)CCCCCC2. The number of hydrogen-bond acceptors (Lipinski definition) is 5. The maximum Gasteiger partial charge on any atom is 0.167 e. The van der Waals surface area contributed by atoms with Crippen molar-refractivity contribution in [3.05, 3.63) is 46.6 Å². The lowest BCUT2D eigenvalue weighted by Gasteiger charge is -2.09. The number of para-hydroxylation sites is 1. The van der Waals surface area contributed by atoms with Gasteiger partial charge in [0.25, 0.3) is 0 Å². The first kappa shape index (κ1) is 16.8. The number of thiophene rings is 1. The zero-order valence-electron chi connectivity index (χ0n) is 14.7. The number of nitriles is 1. The molecule has 0 fully saturated rings. The van der Waals surface area contributed by atoms with Gasteiger partial charge in [0.1, 0.15) is 23.1 Å². The molecular formula is C20H20N4OS. The number of aromatic nitrogens is 3. The van der Waals surface area contributed by atoms with Crippen molar-refractivity contribution in [2.75, 3.05) is 7.11 Å². The summed E-state index contributed by atoms with van der Waals surface area (Å²) in [5.74, 6) is 1.45. The van der Waals surface area contributed by atoms with Gasteiger partial charge in [-0.3, -0.25) is 0 Å². The highest BCUT2D eigenvalue weighted by Crippen LogP contribution is 2.37. The van der Waals surface area contributed by atoms with E-state index in [0.29, 0.717) is 5.82 Å². The Balaban J connectivity index is 1.87. The lowest BCUT2D eigenvalue weighted by Crippen LogP contribution is -2.02. The summed E-state index contributed by atoms with van der Waals surface area (Å²) >= 11 is 1.69. The topological polar surface area (TPSA) is 63.7 Å². The van der Waals surface area contributed by atoms with E-state index >= 15 is 0 Å². The molecule has 2 aromatic heterocycles. The largest absolute Gasteiger partial charge is 0.496 e. The van der Waals surface area contributed by atoms with Gasteiger partial charge in [0.05, 0.1) is 18.2 Å². The van der Waals surface area contributed by atoms with E-state index < -0.39 is 0 Å². The van der Waals surface area contributed by atoms with Crippen molar-refractivity contribution in [3.8, 4) is 28.2 Å². The van der Waals surface area contributed by atoms with Gasteiger partial charge in [0.15, 0.2) is 5.82 Å². The van der Waals surface area contributed by atoms with Crippen LogP contribution in [0.4, 0.5) is 0 Å². The molecular weight excluding hydrogens is 344 g/mol. The predicted octanol–water partition coefficient (Wildman–Crippen LogP) is 4.54. The van der Waals surface area contributed by atoms with Crippen LogP contribution in [-0.4, -0.2) is 21.9 Å². The summed E-state index contributed by atoms with van der Waals surface area (Å²) in [5, 5.41) is 15.2. The maximum absolute atomic E-state index is 9.86. The van der Waals surface area contributed by atoms with Crippen molar-refractivity contribution in [3.63, 3.8) is 0 Å². The van der Waals surface area contributed by atoms with Gasteiger partial charge in [-0.05, 0) is 43.4 Å². The van der Waals surface area contributed by atoms with Crippen LogP contribution in [0.15, 0.2) is 30.6 Å². The van der Waals surface area contributed by atoms with Crippen molar-refractivity contribution in [1.82, 2.24) is 14.8 Å². The predicted molar refractivity (Wildman–Crippen MR) is 102 cm³/mol. The Bertz CT molecular complexity index is 967. The third-order valence-electron chi connectivity index (χ3n) is 4.85. The molecule has 0 bridgehead atoms. The molecule has 0 saturated heterocycles. The average molecular weight is 364 g/mol. The number of ether oxygens (including phenoxy) is 1. The highest BCUT2D eigenvalue weighted by Gasteiger charge is 2.23. The summed E-state index contributed by atoms with van der Waals surface area (Å²) in [4.78, 5) is 5.79. The standard InChI is InChI=1S/C20H20N4OS/c1-25-17-10-7-6-9-15(17)19-22-13-23-24(19)20-16(12-21)14-8-4-2-3-5-11-18(14)26-20/h6-7,9-10,13H,2-5,8,11H2,1H3. The molecule has 132 valence electrons. The van der Waals surface area contributed by atoms with Crippen LogP contribution >= 0.6 is 11.3 Å². The summed E-state index contributed by atoms with van der Waals surface area (Å²) in [5.41, 5.74) is 2.85. The van der Waals surface area contributed by atoms with Crippen molar-refractivity contribution < 1.29 is 4.74 Å². The van der Waals surface area contributed by atoms with Gasteiger partial charge in [-0.1, -0.05) is 25.0 Å². The fraction of sp³-hybridized carbons (Fsp3) is 0.350. The third-order valence-corrected chi connectivity index (χ3v) is 6.12. The van der Waals surface area contributed by atoms with Crippen LogP contribution < -0.4 is 4.74 Å². The molecule has 0 atom stereocenters. The second-order valence-electron chi connectivity index (χ2n) is 6.41. The summed E-state index contributed by atoms with van der Waals surface area (Å²) < 4.78 is 7.29. The molecule has 6 heteroatoms. The third kappa shape index (κ3) is 2.89. The van der Waals surface area contributed by atoms with Gasteiger partial charge in [0.2, 0.25) is 0 Å². The molecule has 0 saturated carbocycles. The Morgan fingerprint density at radius 1 is 1.15 bits per heavy atom. The van der Waals surface area contributed by atoms with E-state index in [0.717, 1.165) is 41.1 Å². The Morgan fingerprint density at radius 2 is 1.96 bits per heavy atom. The Labute approximate surface area is 156 Å². The van der Waals surface area contributed by atoms with E-state index in [1.54, 1.807) is 29.5 Å². The number of hydrogen-bond donors (Lipinski definition) is 0. The van der Waals surface area contributed by atoms with Crippen molar-refractivity contribution in [2.24, 2.45) is 0 Å².